The number of fused-ring (bicyclic) bond motifs is 3. The van der Waals surface area contributed by atoms with Crippen LogP contribution in [-0.2, 0) is 0 Å². The summed E-state index contributed by atoms with van der Waals surface area (Å²) in [5, 5.41) is 6.29. The van der Waals surface area contributed by atoms with Crippen molar-refractivity contribution in [2.75, 3.05) is 38.1 Å². The number of likely N-dealkylation sites (N-methyl/N-ethyl adjacent to an activating group) is 1. The first-order valence-corrected chi connectivity index (χ1v) is 8.17. The second kappa shape index (κ2) is 5.32. The van der Waals surface area contributed by atoms with Crippen molar-refractivity contribution in [1.29, 1.82) is 0 Å². The van der Waals surface area contributed by atoms with Gasteiger partial charge in [-0.1, -0.05) is 11.6 Å². The first kappa shape index (κ1) is 14.7. The molecule has 1 saturated heterocycles. The van der Waals surface area contributed by atoms with E-state index in [0.717, 1.165) is 65.1 Å². The molecule has 2 aromatic heterocycles. The van der Waals surface area contributed by atoms with Gasteiger partial charge in [-0.15, -0.1) is 5.10 Å². The minimum Gasteiger partial charge on any atom is -0.338 e. The Labute approximate surface area is 139 Å². The van der Waals surface area contributed by atoms with Gasteiger partial charge in [0.15, 0.2) is 5.65 Å². The third-order valence-corrected chi connectivity index (χ3v) is 4.83. The topological polar surface area (TPSA) is 49.6 Å². The van der Waals surface area contributed by atoms with Crippen molar-refractivity contribution in [3.05, 3.63) is 28.5 Å². The summed E-state index contributed by atoms with van der Waals surface area (Å²) < 4.78 is 1.87. The predicted octanol–water partition coefficient (Wildman–Crippen LogP) is 2.30. The standard InChI is InChI=1S/C16H19ClN6/c1-10-8-12-14(9-13(10)17)19-16(22-6-4-21(3)5-7-22)23-15(12)18-11(2)20-23/h8-9H,4-7H2,1-3H3. The molecule has 0 amide bonds. The van der Waals surface area contributed by atoms with E-state index in [1.165, 1.54) is 0 Å². The summed E-state index contributed by atoms with van der Waals surface area (Å²) in [6.45, 7) is 7.81. The van der Waals surface area contributed by atoms with E-state index >= 15 is 0 Å². The molecule has 4 rings (SSSR count). The Kier molecular flexibility index (Phi) is 3.39. The molecule has 0 spiro atoms. The van der Waals surface area contributed by atoms with E-state index in [4.69, 9.17) is 16.6 Å². The van der Waals surface area contributed by atoms with Gasteiger partial charge in [0.1, 0.15) is 5.82 Å². The Morgan fingerprint density at radius 3 is 2.52 bits per heavy atom. The van der Waals surface area contributed by atoms with Crippen molar-refractivity contribution in [3.63, 3.8) is 0 Å². The molecule has 1 aliphatic heterocycles. The zero-order valence-corrected chi connectivity index (χ0v) is 14.3. The van der Waals surface area contributed by atoms with Gasteiger partial charge in [0.25, 0.3) is 0 Å². The molecule has 0 N–H and O–H groups in total. The molecular formula is C16H19ClN6. The van der Waals surface area contributed by atoms with Crippen molar-refractivity contribution in [1.82, 2.24) is 24.5 Å². The van der Waals surface area contributed by atoms with Crippen LogP contribution in [0, 0.1) is 13.8 Å². The number of aryl methyl sites for hydroxylation is 2. The lowest BCUT2D eigenvalue weighted by molar-refractivity contribution is 0.310. The highest BCUT2D eigenvalue weighted by Gasteiger charge is 2.21. The lowest BCUT2D eigenvalue weighted by atomic mass is 10.1. The summed E-state index contributed by atoms with van der Waals surface area (Å²) in [7, 11) is 2.14. The van der Waals surface area contributed by atoms with Gasteiger partial charge < -0.3 is 9.80 Å². The van der Waals surface area contributed by atoms with Crippen LogP contribution in [0.1, 0.15) is 11.4 Å². The van der Waals surface area contributed by atoms with Crippen LogP contribution in [0.25, 0.3) is 16.6 Å². The van der Waals surface area contributed by atoms with Crippen LogP contribution in [0.15, 0.2) is 12.1 Å². The van der Waals surface area contributed by atoms with E-state index in [0.29, 0.717) is 0 Å². The van der Waals surface area contributed by atoms with Gasteiger partial charge in [-0.05, 0) is 38.6 Å². The van der Waals surface area contributed by atoms with Crippen LogP contribution >= 0.6 is 11.6 Å². The van der Waals surface area contributed by atoms with E-state index in [1.807, 2.05) is 30.5 Å². The monoisotopic (exact) mass is 330 g/mol. The van der Waals surface area contributed by atoms with Crippen molar-refractivity contribution < 1.29 is 0 Å². The molecule has 0 unspecified atom stereocenters. The molecule has 0 aliphatic carbocycles. The Hall–Kier alpha value is -1.92. The molecule has 0 bridgehead atoms. The molecule has 0 saturated carbocycles. The van der Waals surface area contributed by atoms with E-state index in [1.54, 1.807) is 0 Å². The second-order valence-corrected chi connectivity index (χ2v) is 6.62. The van der Waals surface area contributed by atoms with Crippen LogP contribution in [0.2, 0.25) is 5.02 Å². The fraction of sp³-hybridized carbons (Fsp3) is 0.438. The van der Waals surface area contributed by atoms with Crippen LogP contribution in [-0.4, -0.2) is 57.7 Å². The number of rotatable bonds is 1. The summed E-state index contributed by atoms with van der Waals surface area (Å²) >= 11 is 6.30. The molecule has 0 radical (unpaired) electrons. The molecular weight excluding hydrogens is 312 g/mol. The minimum absolute atomic E-state index is 0.731. The fourth-order valence-corrected chi connectivity index (χ4v) is 3.20. The average Bonchev–Trinajstić information content (AvgIpc) is 2.91. The molecule has 1 aliphatic rings. The minimum atomic E-state index is 0.731. The molecule has 120 valence electrons. The zero-order valence-electron chi connectivity index (χ0n) is 13.5. The Morgan fingerprint density at radius 2 is 1.78 bits per heavy atom. The molecule has 1 fully saturated rings. The zero-order chi connectivity index (χ0) is 16.1. The Bertz CT molecular complexity index is 895. The highest BCUT2D eigenvalue weighted by atomic mass is 35.5. The predicted molar refractivity (Wildman–Crippen MR) is 92.5 cm³/mol. The van der Waals surface area contributed by atoms with Crippen LogP contribution in [0.3, 0.4) is 0 Å². The van der Waals surface area contributed by atoms with Crippen LogP contribution in [0.4, 0.5) is 5.95 Å². The van der Waals surface area contributed by atoms with Gasteiger partial charge in [0.2, 0.25) is 5.95 Å². The molecule has 6 nitrogen and oxygen atoms in total. The van der Waals surface area contributed by atoms with Crippen molar-refractivity contribution in [2.24, 2.45) is 0 Å². The van der Waals surface area contributed by atoms with E-state index in [2.05, 4.69) is 26.9 Å². The van der Waals surface area contributed by atoms with E-state index in [-0.39, 0.29) is 0 Å². The number of hydrogen-bond acceptors (Lipinski definition) is 5. The summed E-state index contributed by atoms with van der Waals surface area (Å²) in [6.07, 6.45) is 0. The number of anilines is 1. The number of aromatic nitrogens is 4. The van der Waals surface area contributed by atoms with Gasteiger partial charge >= 0.3 is 0 Å². The van der Waals surface area contributed by atoms with Gasteiger partial charge in [-0.2, -0.15) is 4.52 Å². The van der Waals surface area contributed by atoms with Crippen molar-refractivity contribution >= 4 is 34.1 Å². The Balaban J connectivity index is 1.97. The van der Waals surface area contributed by atoms with Gasteiger partial charge in [-0.3, -0.25) is 0 Å². The third-order valence-electron chi connectivity index (χ3n) is 4.43. The van der Waals surface area contributed by atoms with Gasteiger partial charge in [-0.25, -0.2) is 9.97 Å². The molecule has 3 aromatic rings. The van der Waals surface area contributed by atoms with E-state index in [9.17, 15) is 0 Å². The number of benzene rings is 1. The smallest absolute Gasteiger partial charge is 0.229 e. The summed E-state index contributed by atoms with van der Waals surface area (Å²) in [5.74, 6) is 1.60. The van der Waals surface area contributed by atoms with Crippen LogP contribution < -0.4 is 4.90 Å². The SMILES string of the molecule is Cc1nc2c3cc(C)c(Cl)cc3nc(N3CCN(C)CC3)n2n1. The van der Waals surface area contributed by atoms with Gasteiger partial charge in [0.05, 0.1) is 5.52 Å². The molecule has 0 atom stereocenters. The summed E-state index contributed by atoms with van der Waals surface area (Å²) in [4.78, 5) is 14.1. The number of halogens is 1. The highest BCUT2D eigenvalue weighted by molar-refractivity contribution is 6.32. The fourth-order valence-electron chi connectivity index (χ4n) is 3.04. The molecule has 1 aromatic carbocycles. The number of hydrogen-bond donors (Lipinski definition) is 0. The Morgan fingerprint density at radius 1 is 1.04 bits per heavy atom. The van der Waals surface area contributed by atoms with Crippen molar-refractivity contribution in [3.8, 4) is 0 Å². The lowest BCUT2D eigenvalue weighted by Gasteiger charge is -2.33. The van der Waals surface area contributed by atoms with Crippen LogP contribution in [0.5, 0.6) is 0 Å². The first-order valence-electron chi connectivity index (χ1n) is 7.79. The normalized spacial score (nSPS) is 16.6. The maximum Gasteiger partial charge on any atom is 0.229 e. The first-order chi connectivity index (χ1) is 11.0. The summed E-state index contributed by atoms with van der Waals surface area (Å²) in [6, 6.07) is 3.97. The second-order valence-electron chi connectivity index (χ2n) is 6.22. The van der Waals surface area contributed by atoms with E-state index < -0.39 is 0 Å². The number of nitrogens with zero attached hydrogens (tertiary/aromatic N) is 6. The quantitative estimate of drug-likeness (QED) is 0.685. The molecule has 7 heteroatoms. The molecule has 3 heterocycles. The maximum atomic E-state index is 6.30. The lowest BCUT2D eigenvalue weighted by Crippen LogP contribution is -2.45. The number of piperazine rings is 1. The molecule has 23 heavy (non-hydrogen) atoms. The van der Waals surface area contributed by atoms with Crippen molar-refractivity contribution in [2.45, 2.75) is 13.8 Å². The highest BCUT2D eigenvalue weighted by Crippen LogP contribution is 2.28. The maximum absolute atomic E-state index is 6.30. The summed E-state index contributed by atoms with van der Waals surface area (Å²) in [5.41, 5.74) is 2.74. The third kappa shape index (κ3) is 2.42. The van der Waals surface area contributed by atoms with Gasteiger partial charge in [0, 0.05) is 36.6 Å². The largest absolute Gasteiger partial charge is 0.338 e. The average molecular weight is 331 g/mol.